The van der Waals surface area contributed by atoms with Crippen LogP contribution in [0.5, 0.6) is 0 Å². The van der Waals surface area contributed by atoms with Gasteiger partial charge >= 0.3 is 5.97 Å². The van der Waals surface area contributed by atoms with E-state index in [4.69, 9.17) is 0 Å². The summed E-state index contributed by atoms with van der Waals surface area (Å²) in [5.41, 5.74) is 4.15. The molecular weight excluding hydrogens is 322 g/mol. The van der Waals surface area contributed by atoms with Crippen molar-refractivity contribution in [3.63, 3.8) is 0 Å². The van der Waals surface area contributed by atoms with Gasteiger partial charge in [-0.2, -0.15) is 0 Å². The van der Waals surface area contributed by atoms with E-state index in [1.165, 1.54) is 17.6 Å². The van der Waals surface area contributed by atoms with Crippen molar-refractivity contribution in [2.45, 2.75) is 25.2 Å². The van der Waals surface area contributed by atoms with Gasteiger partial charge in [0.05, 0.1) is 5.56 Å². The minimum Gasteiger partial charge on any atom is -0.478 e. The zero-order valence-corrected chi connectivity index (χ0v) is 15.6. The number of hydrogen-bond acceptors (Lipinski definition) is 2. The minimum absolute atomic E-state index is 0.347. The molecule has 1 saturated carbocycles. The van der Waals surface area contributed by atoms with Crippen LogP contribution in [0.25, 0.3) is 6.08 Å². The third kappa shape index (κ3) is 4.61. The molecule has 0 saturated heterocycles. The van der Waals surface area contributed by atoms with Gasteiger partial charge in [0, 0.05) is 6.54 Å². The predicted molar refractivity (Wildman–Crippen MR) is 106 cm³/mol. The number of allylic oxidation sites excluding steroid dienone is 1. The summed E-state index contributed by atoms with van der Waals surface area (Å²) in [6.07, 6.45) is 5.48. The van der Waals surface area contributed by atoms with Crippen molar-refractivity contribution in [3.05, 3.63) is 76.9 Å². The van der Waals surface area contributed by atoms with Crippen molar-refractivity contribution in [1.82, 2.24) is 4.90 Å². The fourth-order valence-corrected chi connectivity index (χ4v) is 4.03. The minimum atomic E-state index is -0.873. The predicted octanol–water partition coefficient (Wildman–Crippen LogP) is 4.91. The smallest absolute Gasteiger partial charge is 0.335 e. The Kier molecular flexibility index (Phi) is 5.89. The van der Waals surface area contributed by atoms with E-state index in [1.54, 1.807) is 12.1 Å². The Morgan fingerprint density at radius 1 is 1.15 bits per heavy atom. The Balaban J connectivity index is 1.85. The molecule has 0 aromatic heterocycles. The molecule has 3 nitrogen and oxygen atoms in total. The number of benzene rings is 2. The molecule has 0 aliphatic heterocycles. The monoisotopic (exact) mass is 349 g/mol. The Hall–Kier alpha value is -2.39. The van der Waals surface area contributed by atoms with E-state index < -0.39 is 5.97 Å². The molecule has 136 valence electrons. The third-order valence-electron chi connectivity index (χ3n) is 5.22. The Morgan fingerprint density at radius 3 is 2.62 bits per heavy atom. The average Bonchev–Trinajstić information content (AvgIpc) is 2.63. The molecule has 1 N–H and O–H groups in total. The molecule has 0 heterocycles. The number of carboxylic acid groups (broad SMARTS) is 1. The number of rotatable bonds is 5. The van der Waals surface area contributed by atoms with E-state index in [0.717, 1.165) is 24.9 Å². The zero-order valence-electron chi connectivity index (χ0n) is 15.6. The van der Waals surface area contributed by atoms with Crippen LogP contribution in [-0.2, 0) is 0 Å². The van der Waals surface area contributed by atoms with Gasteiger partial charge in [0.25, 0.3) is 0 Å². The molecule has 26 heavy (non-hydrogen) atoms. The molecule has 2 aromatic carbocycles. The van der Waals surface area contributed by atoms with Crippen molar-refractivity contribution >= 4 is 12.0 Å². The highest BCUT2D eigenvalue weighted by atomic mass is 16.4. The number of carbonyl (C=O) groups is 1. The lowest BCUT2D eigenvalue weighted by Crippen LogP contribution is -2.29. The average molecular weight is 349 g/mol. The zero-order chi connectivity index (χ0) is 18.5. The van der Waals surface area contributed by atoms with Crippen LogP contribution in [0.3, 0.4) is 0 Å². The van der Waals surface area contributed by atoms with Crippen LogP contribution in [0.15, 0.2) is 60.2 Å². The SMILES string of the molecule is CN(C)CC1CCC(=Cc2cccc(C(=O)O)c2)CC1c1ccccc1. The van der Waals surface area contributed by atoms with Gasteiger partial charge in [-0.3, -0.25) is 0 Å². The summed E-state index contributed by atoms with van der Waals surface area (Å²) in [7, 11) is 4.29. The normalized spacial score (nSPS) is 21.9. The maximum atomic E-state index is 11.2. The standard InChI is InChI=1S/C23H27NO2/c1-24(2)16-21-12-11-18(15-22(21)19-8-4-3-5-9-19)13-17-7-6-10-20(14-17)23(25)26/h3-10,13-14,21-22H,11-12,15-16H2,1-2H3,(H,25,26). The fourth-order valence-electron chi connectivity index (χ4n) is 4.03. The Bertz CT molecular complexity index is 780. The summed E-state index contributed by atoms with van der Waals surface area (Å²) in [5.74, 6) is 0.290. The van der Waals surface area contributed by atoms with Crippen LogP contribution in [0.4, 0.5) is 0 Å². The molecule has 2 atom stereocenters. The second kappa shape index (κ2) is 8.33. The van der Waals surface area contributed by atoms with Gasteiger partial charge < -0.3 is 10.0 Å². The van der Waals surface area contributed by atoms with Gasteiger partial charge in [-0.25, -0.2) is 4.79 Å². The second-order valence-corrected chi connectivity index (χ2v) is 7.52. The van der Waals surface area contributed by atoms with Crippen molar-refractivity contribution in [2.24, 2.45) is 5.92 Å². The van der Waals surface area contributed by atoms with Crippen LogP contribution in [0.2, 0.25) is 0 Å². The van der Waals surface area contributed by atoms with Gasteiger partial charge in [0.2, 0.25) is 0 Å². The lowest BCUT2D eigenvalue weighted by atomic mass is 9.73. The van der Waals surface area contributed by atoms with Gasteiger partial charge in [-0.05, 0) is 68.5 Å². The highest BCUT2D eigenvalue weighted by Crippen LogP contribution is 2.41. The first-order valence-corrected chi connectivity index (χ1v) is 9.25. The Morgan fingerprint density at radius 2 is 1.92 bits per heavy atom. The van der Waals surface area contributed by atoms with Gasteiger partial charge in [-0.1, -0.05) is 54.1 Å². The summed E-state index contributed by atoms with van der Waals surface area (Å²) in [6.45, 7) is 1.10. The molecule has 0 spiro atoms. The van der Waals surface area contributed by atoms with E-state index in [2.05, 4.69) is 55.4 Å². The molecule has 3 heteroatoms. The van der Waals surface area contributed by atoms with Crippen molar-refractivity contribution in [2.75, 3.05) is 20.6 Å². The topological polar surface area (TPSA) is 40.5 Å². The summed E-state index contributed by atoms with van der Waals surface area (Å²) in [5, 5.41) is 9.20. The Labute approximate surface area is 156 Å². The highest BCUT2D eigenvalue weighted by molar-refractivity contribution is 5.88. The van der Waals surface area contributed by atoms with Crippen LogP contribution in [0, 0.1) is 5.92 Å². The lowest BCUT2D eigenvalue weighted by Gasteiger charge is -2.35. The first kappa shape index (κ1) is 18.4. The third-order valence-corrected chi connectivity index (χ3v) is 5.22. The van der Waals surface area contributed by atoms with Gasteiger partial charge in [0.1, 0.15) is 0 Å². The summed E-state index contributed by atoms with van der Waals surface area (Å²) in [4.78, 5) is 13.5. The molecular formula is C23H27NO2. The number of aromatic carboxylic acids is 1. The van der Waals surface area contributed by atoms with E-state index in [-0.39, 0.29) is 0 Å². The molecule has 0 radical (unpaired) electrons. The maximum Gasteiger partial charge on any atom is 0.335 e. The highest BCUT2D eigenvalue weighted by Gasteiger charge is 2.29. The lowest BCUT2D eigenvalue weighted by molar-refractivity contribution is 0.0697. The molecule has 0 amide bonds. The molecule has 0 bridgehead atoms. The molecule has 2 unspecified atom stereocenters. The molecule has 1 aliphatic rings. The van der Waals surface area contributed by atoms with Crippen molar-refractivity contribution in [1.29, 1.82) is 0 Å². The van der Waals surface area contributed by atoms with E-state index in [9.17, 15) is 9.90 Å². The van der Waals surface area contributed by atoms with E-state index in [1.807, 2.05) is 12.1 Å². The maximum absolute atomic E-state index is 11.2. The molecule has 2 aromatic rings. The van der Waals surface area contributed by atoms with Crippen molar-refractivity contribution < 1.29 is 9.90 Å². The van der Waals surface area contributed by atoms with E-state index >= 15 is 0 Å². The van der Waals surface area contributed by atoms with Crippen LogP contribution < -0.4 is 0 Å². The van der Waals surface area contributed by atoms with Crippen molar-refractivity contribution in [3.8, 4) is 0 Å². The quantitative estimate of drug-likeness (QED) is 0.833. The second-order valence-electron chi connectivity index (χ2n) is 7.52. The number of hydrogen-bond donors (Lipinski definition) is 1. The molecule has 1 fully saturated rings. The van der Waals surface area contributed by atoms with E-state index in [0.29, 0.717) is 17.4 Å². The summed E-state index contributed by atoms with van der Waals surface area (Å²) >= 11 is 0. The summed E-state index contributed by atoms with van der Waals surface area (Å²) in [6, 6.07) is 18.0. The summed E-state index contributed by atoms with van der Waals surface area (Å²) < 4.78 is 0. The molecule has 3 rings (SSSR count). The van der Waals surface area contributed by atoms with Crippen LogP contribution in [-0.4, -0.2) is 36.6 Å². The van der Waals surface area contributed by atoms with Gasteiger partial charge in [-0.15, -0.1) is 0 Å². The first-order valence-electron chi connectivity index (χ1n) is 9.25. The first-order chi connectivity index (χ1) is 12.5. The fraction of sp³-hybridized carbons (Fsp3) is 0.348. The van der Waals surface area contributed by atoms with Crippen LogP contribution in [0.1, 0.15) is 46.7 Å². The molecule has 1 aliphatic carbocycles. The number of nitrogens with zero attached hydrogens (tertiary/aromatic N) is 1. The largest absolute Gasteiger partial charge is 0.478 e. The number of carboxylic acids is 1. The van der Waals surface area contributed by atoms with Crippen LogP contribution >= 0.6 is 0 Å². The van der Waals surface area contributed by atoms with Gasteiger partial charge in [0.15, 0.2) is 0 Å².